The number of nitrogens with one attached hydrogen (secondary N) is 3. The first kappa shape index (κ1) is 20.3. The summed E-state index contributed by atoms with van der Waals surface area (Å²) in [6.07, 6.45) is 4.89. The number of ether oxygens (including phenoxy) is 1. The van der Waals surface area contributed by atoms with Crippen molar-refractivity contribution < 1.29 is 4.74 Å². The molecule has 0 bridgehead atoms. The molecule has 2 heterocycles. The number of methoxy groups -OCH3 is 1. The molecule has 1 aliphatic rings. The van der Waals surface area contributed by atoms with Crippen LogP contribution in [0.1, 0.15) is 24.8 Å². The van der Waals surface area contributed by atoms with Gasteiger partial charge in [-0.3, -0.25) is 10.1 Å². The van der Waals surface area contributed by atoms with Crippen LogP contribution in [0.3, 0.4) is 0 Å². The van der Waals surface area contributed by atoms with Crippen LogP contribution in [-0.4, -0.2) is 72.5 Å². The minimum Gasteiger partial charge on any atom is -0.385 e. The second-order valence-corrected chi connectivity index (χ2v) is 7.07. The van der Waals surface area contributed by atoms with E-state index in [1.807, 2.05) is 19.2 Å². The van der Waals surface area contributed by atoms with Gasteiger partial charge in [-0.2, -0.15) is 5.10 Å². The Morgan fingerprint density at radius 1 is 1.36 bits per heavy atom. The Balaban J connectivity index is 1.44. The lowest BCUT2D eigenvalue weighted by Crippen LogP contribution is -2.48. The van der Waals surface area contributed by atoms with Crippen LogP contribution in [0, 0.1) is 0 Å². The van der Waals surface area contributed by atoms with Gasteiger partial charge in [0, 0.05) is 58.5 Å². The Bertz CT molecular complexity index is 724. The fourth-order valence-corrected chi connectivity index (χ4v) is 3.48. The second kappa shape index (κ2) is 10.8. The van der Waals surface area contributed by atoms with Crippen molar-refractivity contribution in [2.45, 2.75) is 31.8 Å². The standard InChI is InChI=1S/C20H31N7O/c1-21-20(25-18-7-10-27(11-8-18)9-4-12-28-2)22-14-16-5-3-6-17(13-16)19-23-15-24-26-19/h3,5-6,13,15,18H,4,7-12,14H2,1-2H3,(H2,21,22,25)(H,23,24,26). The van der Waals surface area contributed by atoms with Crippen molar-refractivity contribution in [3.05, 3.63) is 36.2 Å². The van der Waals surface area contributed by atoms with Crippen molar-refractivity contribution in [3.8, 4) is 11.4 Å². The molecule has 1 aliphatic heterocycles. The maximum atomic E-state index is 5.14. The van der Waals surface area contributed by atoms with Crippen molar-refractivity contribution in [3.63, 3.8) is 0 Å². The topological polar surface area (TPSA) is 90.5 Å². The van der Waals surface area contributed by atoms with E-state index in [1.54, 1.807) is 7.11 Å². The molecule has 0 spiro atoms. The first-order chi connectivity index (χ1) is 13.8. The highest BCUT2D eigenvalue weighted by atomic mass is 16.5. The molecule has 3 N–H and O–H groups in total. The van der Waals surface area contributed by atoms with Crippen LogP contribution in [0.15, 0.2) is 35.6 Å². The number of rotatable bonds is 8. The Labute approximate surface area is 166 Å². The van der Waals surface area contributed by atoms with E-state index in [0.717, 1.165) is 62.9 Å². The number of H-pyrrole nitrogens is 1. The highest BCUT2D eigenvalue weighted by Gasteiger charge is 2.19. The molecule has 0 unspecified atom stereocenters. The Kier molecular flexibility index (Phi) is 7.81. The monoisotopic (exact) mass is 385 g/mol. The van der Waals surface area contributed by atoms with E-state index in [-0.39, 0.29) is 0 Å². The average Bonchev–Trinajstić information content (AvgIpc) is 3.28. The molecule has 0 radical (unpaired) electrons. The van der Waals surface area contributed by atoms with Gasteiger partial charge in [-0.25, -0.2) is 4.98 Å². The molecule has 0 atom stereocenters. The van der Waals surface area contributed by atoms with Crippen LogP contribution in [-0.2, 0) is 11.3 Å². The third kappa shape index (κ3) is 6.03. The van der Waals surface area contributed by atoms with Crippen LogP contribution in [0.25, 0.3) is 11.4 Å². The number of aromatic nitrogens is 3. The van der Waals surface area contributed by atoms with Gasteiger partial charge in [0.1, 0.15) is 6.33 Å². The number of nitrogens with zero attached hydrogens (tertiary/aromatic N) is 4. The molecule has 3 rings (SSSR count). The van der Waals surface area contributed by atoms with E-state index in [4.69, 9.17) is 4.74 Å². The minimum atomic E-state index is 0.463. The van der Waals surface area contributed by atoms with Crippen LogP contribution >= 0.6 is 0 Å². The quantitative estimate of drug-likeness (QED) is 0.364. The zero-order valence-corrected chi connectivity index (χ0v) is 16.8. The summed E-state index contributed by atoms with van der Waals surface area (Å²) in [6, 6.07) is 8.73. The summed E-state index contributed by atoms with van der Waals surface area (Å²) in [6.45, 7) is 4.91. The molecule has 0 saturated carbocycles. The van der Waals surface area contributed by atoms with Gasteiger partial charge in [0.2, 0.25) is 0 Å². The lowest BCUT2D eigenvalue weighted by Gasteiger charge is -2.33. The lowest BCUT2D eigenvalue weighted by atomic mass is 10.1. The highest BCUT2D eigenvalue weighted by molar-refractivity contribution is 5.80. The molecule has 0 aliphatic carbocycles. The van der Waals surface area contributed by atoms with Gasteiger partial charge in [0.15, 0.2) is 11.8 Å². The molecule has 2 aromatic rings. The number of likely N-dealkylation sites (tertiary alicyclic amines) is 1. The number of aromatic amines is 1. The van der Waals surface area contributed by atoms with E-state index in [0.29, 0.717) is 12.6 Å². The van der Waals surface area contributed by atoms with Gasteiger partial charge < -0.3 is 20.3 Å². The molecule has 1 fully saturated rings. The number of aliphatic imine (C=N–C) groups is 1. The van der Waals surface area contributed by atoms with Gasteiger partial charge in [-0.15, -0.1) is 0 Å². The summed E-state index contributed by atoms with van der Waals surface area (Å²) in [5, 5.41) is 13.8. The zero-order valence-electron chi connectivity index (χ0n) is 16.8. The predicted molar refractivity (Wildman–Crippen MR) is 111 cm³/mol. The van der Waals surface area contributed by atoms with Crippen LogP contribution in [0.4, 0.5) is 0 Å². The normalized spacial score (nSPS) is 16.3. The van der Waals surface area contributed by atoms with E-state index < -0.39 is 0 Å². The third-order valence-corrected chi connectivity index (χ3v) is 5.05. The SMILES string of the molecule is CN=C(NCc1cccc(-c2ncn[nH]2)c1)NC1CCN(CCCOC)CC1. The Hall–Kier alpha value is -2.45. The van der Waals surface area contributed by atoms with E-state index in [9.17, 15) is 0 Å². The van der Waals surface area contributed by atoms with Crippen LogP contribution < -0.4 is 10.6 Å². The van der Waals surface area contributed by atoms with Crippen molar-refractivity contribution in [1.82, 2.24) is 30.7 Å². The average molecular weight is 386 g/mol. The van der Waals surface area contributed by atoms with E-state index >= 15 is 0 Å². The maximum absolute atomic E-state index is 5.14. The molecule has 8 nitrogen and oxygen atoms in total. The number of hydrogen-bond donors (Lipinski definition) is 3. The fraction of sp³-hybridized carbons (Fsp3) is 0.550. The molecule has 1 saturated heterocycles. The summed E-state index contributed by atoms with van der Waals surface area (Å²) in [5.74, 6) is 1.63. The predicted octanol–water partition coefficient (Wildman–Crippen LogP) is 1.64. The van der Waals surface area contributed by atoms with Gasteiger partial charge >= 0.3 is 0 Å². The summed E-state index contributed by atoms with van der Waals surface area (Å²) < 4.78 is 5.14. The van der Waals surface area contributed by atoms with Crippen LogP contribution in [0.5, 0.6) is 0 Å². The summed E-state index contributed by atoms with van der Waals surface area (Å²) in [5.41, 5.74) is 2.20. The third-order valence-electron chi connectivity index (χ3n) is 5.05. The van der Waals surface area contributed by atoms with Gasteiger partial charge in [0.05, 0.1) is 0 Å². The molecule has 8 heteroatoms. The maximum Gasteiger partial charge on any atom is 0.191 e. The van der Waals surface area contributed by atoms with Gasteiger partial charge in [-0.05, 0) is 30.9 Å². The Morgan fingerprint density at radius 2 is 2.21 bits per heavy atom. The van der Waals surface area contributed by atoms with Crippen molar-refractivity contribution in [2.75, 3.05) is 40.4 Å². The van der Waals surface area contributed by atoms with Crippen molar-refractivity contribution >= 4 is 5.96 Å². The van der Waals surface area contributed by atoms with Gasteiger partial charge in [-0.1, -0.05) is 18.2 Å². The van der Waals surface area contributed by atoms with Crippen molar-refractivity contribution in [2.24, 2.45) is 4.99 Å². The van der Waals surface area contributed by atoms with Gasteiger partial charge in [0.25, 0.3) is 0 Å². The fourth-order valence-electron chi connectivity index (χ4n) is 3.48. The van der Waals surface area contributed by atoms with Crippen LogP contribution in [0.2, 0.25) is 0 Å². The molecular formula is C20H31N7O. The number of benzene rings is 1. The smallest absolute Gasteiger partial charge is 0.191 e. The molecule has 152 valence electrons. The zero-order chi connectivity index (χ0) is 19.6. The van der Waals surface area contributed by atoms with E-state index in [1.165, 1.54) is 11.9 Å². The summed E-state index contributed by atoms with van der Waals surface area (Å²) in [4.78, 5) is 11.1. The first-order valence-electron chi connectivity index (χ1n) is 9.91. The molecule has 1 aromatic carbocycles. The molecule has 1 aromatic heterocycles. The number of guanidine groups is 1. The number of hydrogen-bond acceptors (Lipinski definition) is 5. The second-order valence-electron chi connectivity index (χ2n) is 7.07. The summed E-state index contributed by atoms with van der Waals surface area (Å²) in [7, 11) is 3.58. The largest absolute Gasteiger partial charge is 0.385 e. The highest BCUT2D eigenvalue weighted by Crippen LogP contribution is 2.15. The van der Waals surface area contributed by atoms with Crippen molar-refractivity contribution in [1.29, 1.82) is 0 Å². The number of piperidine rings is 1. The summed E-state index contributed by atoms with van der Waals surface area (Å²) >= 11 is 0. The molecule has 0 amide bonds. The van der Waals surface area contributed by atoms with E-state index in [2.05, 4.69) is 47.8 Å². The Morgan fingerprint density at radius 3 is 2.93 bits per heavy atom. The first-order valence-corrected chi connectivity index (χ1v) is 9.91. The minimum absolute atomic E-state index is 0.463. The lowest BCUT2D eigenvalue weighted by molar-refractivity contribution is 0.155. The molecular weight excluding hydrogens is 354 g/mol. The molecule has 28 heavy (non-hydrogen) atoms.